The van der Waals surface area contributed by atoms with Crippen LogP contribution in [0.5, 0.6) is 0 Å². The quantitative estimate of drug-likeness (QED) is 0.578. The molecule has 0 spiro atoms. The van der Waals surface area contributed by atoms with Gasteiger partial charge in [0.1, 0.15) is 0 Å². The van der Waals surface area contributed by atoms with E-state index in [2.05, 4.69) is 46.1 Å². The van der Waals surface area contributed by atoms with E-state index in [9.17, 15) is 4.79 Å². The number of nitrogens with zero attached hydrogens (tertiary/aromatic N) is 2. The highest BCUT2D eigenvalue weighted by atomic mass is 32.2. The van der Waals surface area contributed by atoms with Crippen molar-refractivity contribution in [2.24, 2.45) is 0 Å². The smallest absolute Gasteiger partial charge is 0.255 e. The van der Waals surface area contributed by atoms with Gasteiger partial charge in [-0.2, -0.15) is 0 Å². The summed E-state index contributed by atoms with van der Waals surface area (Å²) < 4.78 is 0. The number of aromatic amines is 1. The normalized spacial score (nSPS) is 10.7. The van der Waals surface area contributed by atoms with Gasteiger partial charge >= 0.3 is 0 Å². The Labute approximate surface area is 139 Å². The highest BCUT2D eigenvalue weighted by molar-refractivity contribution is 7.98. The summed E-state index contributed by atoms with van der Waals surface area (Å²) in [6.45, 7) is 2.07. The number of pyridine rings is 1. The van der Waals surface area contributed by atoms with Crippen molar-refractivity contribution in [2.75, 3.05) is 0 Å². The number of H-pyrrole nitrogens is 1. The molecule has 3 rings (SSSR count). The number of hydrogen-bond acceptors (Lipinski definition) is 4. The lowest BCUT2D eigenvalue weighted by Crippen LogP contribution is -2.14. The summed E-state index contributed by atoms with van der Waals surface area (Å²) in [5.41, 5.74) is 4.08. The standard InChI is InChI=1S/C18H17N3OS/c1-13-2-4-15(5-3-13)12-23-18-20-11-16(17(22)21-18)10-14-6-8-19-9-7-14/h2-9,11H,10,12H2,1H3,(H,20,21,22). The Hall–Kier alpha value is -2.40. The fourth-order valence-corrected chi connectivity index (χ4v) is 2.95. The number of aryl methyl sites for hydroxylation is 1. The molecule has 0 radical (unpaired) electrons. The first-order valence-electron chi connectivity index (χ1n) is 7.36. The molecule has 0 aliphatic carbocycles. The van der Waals surface area contributed by atoms with Gasteiger partial charge in [-0.3, -0.25) is 9.78 Å². The highest BCUT2D eigenvalue weighted by Gasteiger charge is 2.05. The zero-order valence-corrected chi connectivity index (χ0v) is 13.6. The molecular formula is C18H17N3OS. The number of benzene rings is 1. The molecule has 2 heterocycles. The predicted molar refractivity (Wildman–Crippen MR) is 92.6 cm³/mol. The summed E-state index contributed by atoms with van der Waals surface area (Å²) in [5.74, 6) is 0.785. The van der Waals surface area contributed by atoms with Crippen LogP contribution in [-0.2, 0) is 12.2 Å². The molecule has 0 fully saturated rings. The first-order chi connectivity index (χ1) is 11.2. The van der Waals surface area contributed by atoms with Crippen LogP contribution < -0.4 is 5.56 Å². The fraction of sp³-hybridized carbons (Fsp3) is 0.167. The van der Waals surface area contributed by atoms with Crippen molar-refractivity contribution >= 4 is 11.8 Å². The number of thioether (sulfide) groups is 1. The maximum absolute atomic E-state index is 12.2. The Morgan fingerprint density at radius 3 is 2.48 bits per heavy atom. The van der Waals surface area contributed by atoms with Crippen LogP contribution in [-0.4, -0.2) is 15.0 Å². The summed E-state index contributed by atoms with van der Waals surface area (Å²) in [6.07, 6.45) is 5.68. The van der Waals surface area contributed by atoms with Crippen LogP contribution in [0.1, 0.15) is 22.3 Å². The third-order valence-electron chi connectivity index (χ3n) is 3.49. The van der Waals surface area contributed by atoms with E-state index in [0.29, 0.717) is 17.1 Å². The predicted octanol–water partition coefficient (Wildman–Crippen LogP) is 3.36. The Morgan fingerprint density at radius 1 is 1.04 bits per heavy atom. The third kappa shape index (κ3) is 4.29. The van der Waals surface area contributed by atoms with Crippen LogP contribution in [0.4, 0.5) is 0 Å². The Balaban J connectivity index is 1.67. The van der Waals surface area contributed by atoms with Crippen molar-refractivity contribution in [2.45, 2.75) is 24.3 Å². The van der Waals surface area contributed by atoms with Gasteiger partial charge < -0.3 is 4.98 Å². The number of nitrogens with one attached hydrogen (secondary N) is 1. The molecule has 116 valence electrons. The van der Waals surface area contributed by atoms with Gasteiger partial charge in [0.15, 0.2) is 5.16 Å². The summed E-state index contributed by atoms with van der Waals surface area (Å²) in [6, 6.07) is 12.2. The van der Waals surface area contributed by atoms with E-state index in [0.717, 1.165) is 11.3 Å². The minimum atomic E-state index is -0.0804. The van der Waals surface area contributed by atoms with Crippen LogP contribution in [0.25, 0.3) is 0 Å². The Kier molecular flexibility index (Phi) is 4.88. The van der Waals surface area contributed by atoms with Crippen molar-refractivity contribution in [1.82, 2.24) is 15.0 Å². The third-order valence-corrected chi connectivity index (χ3v) is 4.45. The van der Waals surface area contributed by atoms with E-state index in [1.54, 1.807) is 18.6 Å². The molecule has 5 heteroatoms. The first-order valence-corrected chi connectivity index (χ1v) is 8.35. The molecule has 3 aromatic rings. The minimum Gasteiger partial charge on any atom is -0.301 e. The van der Waals surface area contributed by atoms with E-state index in [1.807, 2.05) is 12.1 Å². The van der Waals surface area contributed by atoms with E-state index < -0.39 is 0 Å². The first kappa shape index (κ1) is 15.5. The van der Waals surface area contributed by atoms with Crippen LogP contribution in [0, 0.1) is 6.92 Å². The molecule has 23 heavy (non-hydrogen) atoms. The minimum absolute atomic E-state index is 0.0804. The van der Waals surface area contributed by atoms with Crippen LogP contribution in [0.2, 0.25) is 0 Å². The maximum Gasteiger partial charge on any atom is 0.255 e. The van der Waals surface area contributed by atoms with E-state index >= 15 is 0 Å². The van der Waals surface area contributed by atoms with Crippen molar-refractivity contribution in [3.8, 4) is 0 Å². The van der Waals surface area contributed by atoms with Crippen molar-refractivity contribution in [3.05, 3.63) is 87.6 Å². The molecule has 0 bridgehead atoms. The van der Waals surface area contributed by atoms with E-state index in [1.165, 1.54) is 22.9 Å². The highest BCUT2D eigenvalue weighted by Crippen LogP contribution is 2.18. The summed E-state index contributed by atoms with van der Waals surface area (Å²) in [4.78, 5) is 23.4. The van der Waals surface area contributed by atoms with E-state index in [4.69, 9.17) is 0 Å². The van der Waals surface area contributed by atoms with Gasteiger partial charge in [0.25, 0.3) is 5.56 Å². The zero-order valence-electron chi connectivity index (χ0n) is 12.8. The van der Waals surface area contributed by atoms with Crippen molar-refractivity contribution in [3.63, 3.8) is 0 Å². The zero-order chi connectivity index (χ0) is 16.1. The second-order valence-corrected chi connectivity index (χ2v) is 6.31. The molecule has 0 unspecified atom stereocenters. The second-order valence-electron chi connectivity index (χ2n) is 5.35. The molecule has 1 aromatic carbocycles. The maximum atomic E-state index is 12.2. The number of hydrogen-bond donors (Lipinski definition) is 1. The lowest BCUT2D eigenvalue weighted by Gasteiger charge is -2.04. The van der Waals surface area contributed by atoms with Crippen molar-refractivity contribution < 1.29 is 0 Å². The Bertz CT molecular complexity index is 829. The summed E-state index contributed by atoms with van der Waals surface area (Å²) >= 11 is 1.53. The summed E-state index contributed by atoms with van der Waals surface area (Å²) in [7, 11) is 0. The van der Waals surface area contributed by atoms with Crippen molar-refractivity contribution in [1.29, 1.82) is 0 Å². The topological polar surface area (TPSA) is 58.6 Å². The molecule has 0 aliphatic rings. The lowest BCUT2D eigenvalue weighted by molar-refractivity contribution is 0.899. The van der Waals surface area contributed by atoms with Gasteiger partial charge in [-0.25, -0.2) is 4.98 Å². The largest absolute Gasteiger partial charge is 0.301 e. The average Bonchev–Trinajstić information content (AvgIpc) is 2.57. The fourth-order valence-electron chi connectivity index (χ4n) is 2.16. The van der Waals surface area contributed by atoms with Gasteiger partial charge in [0.2, 0.25) is 0 Å². The second kappa shape index (κ2) is 7.24. The monoisotopic (exact) mass is 323 g/mol. The molecule has 0 atom stereocenters. The molecule has 2 aromatic heterocycles. The molecule has 0 amide bonds. The van der Waals surface area contributed by atoms with Crippen LogP contribution in [0.3, 0.4) is 0 Å². The van der Waals surface area contributed by atoms with Gasteiger partial charge in [-0.05, 0) is 30.2 Å². The number of aromatic nitrogens is 3. The molecule has 0 saturated heterocycles. The van der Waals surface area contributed by atoms with Gasteiger partial charge in [-0.1, -0.05) is 41.6 Å². The van der Waals surface area contributed by atoms with Crippen LogP contribution >= 0.6 is 11.8 Å². The SMILES string of the molecule is Cc1ccc(CSc2ncc(Cc3ccncc3)c(=O)[nH]2)cc1. The summed E-state index contributed by atoms with van der Waals surface area (Å²) in [5, 5.41) is 0.647. The lowest BCUT2D eigenvalue weighted by atomic mass is 10.1. The molecule has 0 aliphatic heterocycles. The molecule has 1 N–H and O–H groups in total. The molecular weight excluding hydrogens is 306 g/mol. The van der Waals surface area contributed by atoms with Gasteiger partial charge in [-0.15, -0.1) is 0 Å². The van der Waals surface area contributed by atoms with Gasteiger partial charge in [0, 0.05) is 36.3 Å². The van der Waals surface area contributed by atoms with Gasteiger partial charge in [0.05, 0.1) is 0 Å². The molecule has 4 nitrogen and oxygen atoms in total. The Morgan fingerprint density at radius 2 is 1.78 bits per heavy atom. The number of rotatable bonds is 5. The average molecular weight is 323 g/mol. The molecule has 0 saturated carbocycles. The van der Waals surface area contributed by atoms with Crippen LogP contribution in [0.15, 0.2) is 64.9 Å². The van der Waals surface area contributed by atoms with E-state index in [-0.39, 0.29) is 5.56 Å².